The Morgan fingerprint density at radius 1 is 1.42 bits per heavy atom. The molecule has 0 aromatic heterocycles. The van der Waals surface area contributed by atoms with Gasteiger partial charge in [-0.05, 0) is 32.3 Å². The number of aliphatic carboxylic acids is 1. The molecule has 0 fully saturated rings. The second-order valence-electron chi connectivity index (χ2n) is 3.01. The Balaban J connectivity index is 4.46. The number of carbonyl (C=O) groups is 1. The summed E-state index contributed by atoms with van der Waals surface area (Å²) in [6.07, 6.45) is 2.56. The molecule has 0 unspecified atom stereocenters. The predicted octanol–water partition coefficient (Wildman–Crippen LogP) is 2.75. The molecule has 0 aromatic rings. The molecule has 0 radical (unpaired) electrons. The van der Waals surface area contributed by atoms with Crippen LogP contribution >= 0.6 is 0 Å². The molecule has 1 N–H and O–H groups in total. The molecule has 68 valence electrons. The van der Waals surface area contributed by atoms with Gasteiger partial charge in [0.15, 0.2) is 0 Å². The molecular formula is C10H16O2. The summed E-state index contributed by atoms with van der Waals surface area (Å²) in [4.78, 5) is 10.6. The lowest BCUT2D eigenvalue weighted by molar-refractivity contribution is -0.132. The fraction of sp³-hybridized carbons (Fsp3) is 0.600. The molecule has 12 heavy (non-hydrogen) atoms. The monoisotopic (exact) mass is 168 g/mol. The number of hydrogen-bond acceptors (Lipinski definition) is 1. The Morgan fingerprint density at radius 2 is 2.00 bits per heavy atom. The molecule has 0 atom stereocenters. The number of carboxylic acid groups (broad SMARTS) is 1. The summed E-state index contributed by atoms with van der Waals surface area (Å²) in [7, 11) is 0. The molecule has 0 aromatic carbocycles. The maximum atomic E-state index is 10.6. The van der Waals surface area contributed by atoms with Crippen LogP contribution in [0, 0.1) is 0 Å². The number of hydrogen-bond donors (Lipinski definition) is 1. The number of carboxylic acids is 1. The van der Waals surface area contributed by atoms with E-state index in [2.05, 4.69) is 5.73 Å². The van der Waals surface area contributed by atoms with Crippen LogP contribution in [-0.2, 0) is 4.79 Å². The average Bonchev–Trinajstić information content (AvgIpc) is 1.96. The third-order valence-electron chi connectivity index (χ3n) is 1.44. The van der Waals surface area contributed by atoms with E-state index in [0.717, 1.165) is 18.4 Å². The third-order valence-corrected chi connectivity index (χ3v) is 1.44. The van der Waals surface area contributed by atoms with Crippen molar-refractivity contribution in [1.82, 2.24) is 0 Å². The van der Waals surface area contributed by atoms with E-state index in [4.69, 9.17) is 5.11 Å². The Hall–Kier alpha value is -1.01. The van der Waals surface area contributed by atoms with Crippen molar-refractivity contribution in [2.45, 2.75) is 40.0 Å². The summed E-state index contributed by atoms with van der Waals surface area (Å²) in [6, 6.07) is 0. The standard InChI is InChI=1S/C10H16O2/c1-4-5-6-9(10(11)12)7-8(2)3/h4-6H2,1-3H3,(H,11,12). The lowest BCUT2D eigenvalue weighted by Gasteiger charge is -1.96. The highest BCUT2D eigenvalue weighted by atomic mass is 16.4. The molecule has 0 saturated carbocycles. The first-order chi connectivity index (χ1) is 5.57. The van der Waals surface area contributed by atoms with Crippen molar-refractivity contribution in [3.8, 4) is 0 Å². The van der Waals surface area contributed by atoms with Gasteiger partial charge in [-0.25, -0.2) is 4.79 Å². The highest BCUT2D eigenvalue weighted by Crippen LogP contribution is 2.06. The molecule has 0 rings (SSSR count). The van der Waals surface area contributed by atoms with Crippen molar-refractivity contribution in [3.63, 3.8) is 0 Å². The van der Waals surface area contributed by atoms with Gasteiger partial charge in [0.2, 0.25) is 0 Å². The van der Waals surface area contributed by atoms with Crippen molar-refractivity contribution < 1.29 is 9.90 Å². The zero-order chi connectivity index (χ0) is 9.56. The number of rotatable bonds is 4. The summed E-state index contributed by atoms with van der Waals surface area (Å²) in [5.74, 6) is -0.843. The van der Waals surface area contributed by atoms with Crippen molar-refractivity contribution in [1.29, 1.82) is 0 Å². The van der Waals surface area contributed by atoms with Gasteiger partial charge in [0.1, 0.15) is 0 Å². The SMILES string of the molecule is CCCCC(=C=C(C)C)C(=O)O. The first-order valence-corrected chi connectivity index (χ1v) is 4.24. The summed E-state index contributed by atoms with van der Waals surface area (Å²) in [5.41, 5.74) is 4.17. The van der Waals surface area contributed by atoms with Gasteiger partial charge in [0.25, 0.3) is 0 Å². The molecule has 0 spiro atoms. The van der Waals surface area contributed by atoms with Gasteiger partial charge < -0.3 is 5.11 Å². The van der Waals surface area contributed by atoms with Gasteiger partial charge in [0.05, 0.1) is 5.57 Å². The third kappa shape index (κ3) is 4.75. The topological polar surface area (TPSA) is 37.3 Å². The molecule has 0 amide bonds. The largest absolute Gasteiger partial charge is 0.477 e. The molecule has 0 bridgehead atoms. The maximum Gasteiger partial charge on any atom is 0.339 e. The van der Waals surface area contributed by atoms with E-state index in [0.29, 0.717) is 12.0 Å². The minimum absolute atomic E-state index is 0.400. The van der Waals surface area contributed by atoms with Crippen LogP contribution in [0.4, 0.5) is 0 Å². The van der Waals surface area contributed by atoms with Crippen molar-refractivity contribution in [3.05, 3.63) is 16.9 Å². The van der Waals surface area contributed by atoms with Gasteiger partial charge in [-0.3, -0.25) is 0 Å². The van der Waals surface area contributed by atoms with Crippen molar-refractivity contribution >= 4 is 5.97 Å². The van der Waals surface area contributed by atoms with Crippen LogP contribution in [0.25, 0.3) is 0 Å². The van der Waals surface area contributed by atoms with Crippen LogP contribution in [0.5, 0.6) is 0 Å². The Bertz CT molecular complexity index is 216. The second-order valence-corrected chi connectivity index (χ2v) is 3.01. The molecule has 0 saturated heterocycles. The van der Waals surface area contributed by atoms with Crippen LogP contribution < -0.4 is 0 Å². The summed E-state index contributed by atoms with van der Waals surface area (Å²) >= 11 is 0. The summed E-state index contributed by atoms with van der Waals surface area (Å²) in [6.45, 7) is 5.76. The Kier molecular flexibility index (Phi) is 5.14. The predicted molar refractivity (Wildman–Crippen MR) is 49.0 cm³/mol. The fourth-order valence-electron chi connectivity index (χ4n) is 0.878. The normalized spacial score (nSPS) is 8.92. The molecule has 0 aliphatic carbocycles. The fourth-order valence-corrected chi connectivity index (χ4v) is 0.878. The van der Waals surface area contributed by atoms with E-state index in [1.807, 2.05) is 20.8 Å². The van der Waals surface area contributed by atoms with E-state index in [-0.39, 0.29) is 0 Å². The summed E-state index contributed by atoms with van der Waals surface area (Å²) < 4.78 is 0. The van der Waals surface area contributed by atoms with Gasteiger partial charge in [-0.2, -0.15) is 0 Å². The van der Waals surface area contributed by atoms with Crippen LogP contribution in [0.1, 0.15) is 40.0 Å². The second kappa shape index (κ2) is 5.62. The Morgan fingerprint density at radius 3 is 2.33 bits per heavy atom. The van der Waals surface area contributed by atoms with Crippen LogP contribution in [-0.4, -0.2) is 11.1 Å². The van der Waals surface area contributed by atoms with E-state index >= 15 is 0 Å². The summed E-state index contributed by atoms with van der Waals surface area (Å²) in [5, 5.41) is 8.74. The van der Waals surface area contributed by atoms with E-state index in [9.17, 15) is 4.79 Å². The van der Waals surface area contributed by atoms with E-state index in [1.165, 1.54) is 0 Å². The minimum Gasteiger partial charge on any atom is -0.477 e. The molecule has 2 nitrogen and oxygen atoms in total. The zero-order valence-electron chi connectivity index (χ0n) is 7.98. The lowest BCUT2D eigenvalue weighted by atomic mass is 10.1. The Labute approximate surface area is 73.6 Å². The number of unbranched alkanes of at least 4 members (excludes halogenated alkanes) is 1. The highest BCUT2D eigenvalue weighted by molar-refractivity contribution is 5.86. The van der Waals surface area contributed by atoms with E-state index < -0.39 is 5.97 Å². The molecular weight excluding hydrogens is 152 g/mol. The van der Waals surface area contributed by atoms with Crippen LogP contribution in [0.3, 0.4) is 0 Å². The average molecular weight is 168 g/mol. The quantitative estimate of drug-likeness (QED) is 0.517. The van der Waals surface area contributed by atoms with Crippen molar-refractivity contribution in [2.75, 3.05) is 0 Å². The smallest absolute Gasteiger partial charge is 0.339 e. The molecule has 0 aliphatic rings. The molecule has 0 aliphatic heterocycles. The highest BCUT2D eigenvalue weighted by Gasteiger charge is 2.04. The minimum atomic E-state index is -0.843. The first kappa shape index (κ1) is 11.0. The van der Waals surface area contributed by atoms with E-state index in [1.54, 1.807) is 0 Å². The molecule has 0 heterocycles. The molecule has 2 heteroatoms. The van der Waals surface area contributed by atoms with Gasteiger partial charge in [-0.15, -0.1) is 5.73 Å². The van der Waals surface area contributed by atoms with Gasteiger partial charge in [-0.1, -0.05) is 13.3 Å². The lowest BCUT2D eigenvalue weighted by Crippen LogP contribution is -1.99. The maximum absolute atomic E-state index is 10.6. The van der Waals surface area contributed by atoms with Crippen molar-refractivity contribution in [2.24, 2.45) is 0 Å². The zero-order valence-corrected chi connectivity index (χ0v) is 7.98. The van der Waals surface area contributed by atoms with Gasteiger partial charge in [0, 0.05) is 0 Å². The first-order valence-electron chi connectivity index (χ1n) is 4.24. The van der Waals surface area contributed by atoms with Crippen LogP contribution in [0.15, 0.2) is 16.9 Å². The van der Waals surface area contributed by atoms with Gasteiger partial charge >= 0.3 is 5.97 Å². The van der Waals surface area contributed by atoms with Crippen LogP contribution in [0.2, 0.25) is 0 Å².